The molecule has 0 radical (unpaired) electrons. The van der Waals surface area contributed by atoms with Crippen molar-refractivity contribution in [2.45, 2.75) is 26.4 Å². The Balaban J connectivity index is 2.84. The van der Waals surface area contributed by atoms with Gasteiger partial charge in [0.2, 0.25) is 0 Å². The SMILES string of the molecule is COc1cccc(N)c1NC(=O)OC(C)(C)C. The highest BCUT2D eigenvalue weighted by Crippen LogP contribution is 2.30. The molecule has 0 fully saturated rings. The number of nitrogens with two attached hydrogens (primary N) is 1. The highest BCUT2D eigenvalue weighted by Gasteiger charge is 2.18. The van der Waals surface area contributed by atoms with E-state index in [0.29, 0.717) is 17.1 Å². The Morgan fingerprint density at radius 3 is 2.53 bits per heavy atom. The van der Waals surface area contributed by atoms with Crippen LogP contribution in [0, 0.1) is 0 Å². The first-order valence-corrected chi connectivity index (χ1v) is 5.26. The molecule has 1 aromatic rings. The average molecular weight is 238 g/mol. The van der Waals surface area contributed by atoms with Crippen LogP contribution in [-0.2, 0) is 4.74 Å². The number of methoxy groups -OCH3 is 1. The van der Waals surface area contributed by atoms with Crippen molar-refractivity contribution in [3.63, 3.8) is 0 Å². The minimum atomic E-state index is -0.561. The predicted molar refractivity (Wildman–Crippen MR) is 67.3 cm³/mol. The lowest BCUT2D eigenvalue weighted by atomic mass is 10.2. The Morgan fingerprint density at radius 2 is 2.00 bits per heavy atom. The molecule has 0 unspecified atom stereocenters. The Bertz CT molecular complexity index is 411. The third kappa shape index (κ3) is 3.86. The summed E-state index contributed by atoms with van der Waals surface area (Å²) < 4.78 is 10.2. The second kappa shape index (κ2) is 4.95. The second-order valence-corrected chi connectivity index (χ2v) is 4.55. The molecule has 0 bridgehead atoms. The van der Waals surface area contributed by atoms with Gasteiger partial charge in [0.25, 0.3) is 0 Å². The van der Waals surface area contributed by atoms with Crippen molar-refractivity contribution < 1.29 is 14.3 Å². The molecule has 3 N–H and O–H groups in total. The normalized spacial score (nSPS) is 10.8. The van der Waals surface area contributed by atoms with Crippen LogP contribution in [0.1, 0.15) is 20.8 Å². The van der Waals surface area contributed by atoms with Crippen LogP contribution in [0.2, 0.25) is 0 Å². The Labute approximate surface area is 101 Å². The highest BCUT2D eigenvalue weighted by molar-refractivity contribution is 5.91. The van der Waals surface area contributed by atoms with Crippen LogP contribution in [0.5, 0.6) is 5.75 Å². The smallest absolute Gasteiger partial charge is 0.412 e. The van der Waals surface area contributed by atoms with Crippen LogP contribution >= 0.6 is 0 Å². The van der Waals surface area contributed by atoms with Crippen LogP contribution < -0.4 is 15.8 Å². The van der Waals surface area contributed by atoms with E-state index in [1.54, 1.807) is 39.0 Å². The summed E-state index contributed by atoms with van der Waals surface area (Å²) in [5, 5.41) is 2.58. The number of carbonyl (C=O) groups is 1. The number of anilines is 2. The fraction of sp³-hybridized carbons (Fsp3) is 0.417. The van der Waals surface area contributed by atoms with Crippen molar-refractivity contribution >= 4 is 17.5 Å². The number of nitrogen functional groups attached to an aromatic ring is 1. The van der Waals surface area contributed by atoms with E-state index < -0.39 is 11.7 Å². The van der Waals surface area contributed by atoms with Gasteiger partial charge in [-0.1, -0.05) is 6.07 Å². The number of hydrogen-bond acceptors (Lipinski definition) is 4. The van der Waals surface area contributed by atoms with Gasteiger partial charge < -0.3 is 15.2 Å². The predicted octanol–water partition coefficient (Wildman–Crippen LogP) is 2.62. The Kier molecular flexibility index (Phi) is 3.83. The molecule has 0 aromatic heterocycles. The van der Waals surface area contributed by atoms with Gasteiger partial charge in [0.15, 0.2) is 0 Å². The van der Waals surface area contributed by atoms with E-state index >= 15 is 0 Å². The zero-order valence-corrected chi connectivity index (χ0v) is 10.5. The van der Waals surface area contributed by atoms with Crippen molar-refractivity contribution in [1.29, 1.82) is 0 Å². The summed E-state index contributed by atoms with van der Waals surface area (Å²) in [5.41, 5.74) is 6.05. The van der Waals surface area contributed by atoms with Gasteiger partial charge in [-0.25, -0.2) is 4.79 Å². The van der Waals surface area contributed by atoms with Crippen LogP contribution in [0.15, 0.2) is 18.2 Å². The summed E-state index contributed by atoms with van der Waals surface area (Å²) in [4.78, 5) is 11.6. The molecule has 1 rings (SSSR count). The van der Waals surface area contributed by atoms with Crippen molar-refractivity contribution in [2.75, 3.05) is 18.2 Å². The van der Waals surface area contributed by atoms with Gasteiger partial charge in [-0.05, 0) is 32.9 Å². The van der Waals surface area contributed by atoms with Crippen LogP contribution in [0.4, 0.5) is 16.2 Å². The van der Waals surface area contributed by atoms with Gasteiger partial charge in [-0.2, -0.15) is 0 Å². The van der Waals surface area contributed by atoms with E-state index in [1.807, 2.05) is 0 Å². The van der Waals surface area contributed by atoms with E-state index in [9.17, 15) is 4.79 Å². The molecule has 1 amide bonds. The standard InChI is InChI=1S/C12H18N2O3/c1-12(2,3)17-11(15)14-10-8(13)6-5-7-9(10)16-4/h5-7H,13H2,1-4H3,(H,14,15). The van der Waals surface area contributed by atoms with Crippen LogP contribution in [0.3, 0.4) is 0 Å². The number of nitrogens with one attached hydrogen (secondary N) is 1. The summed E-state index contributed by atoms with van der Waals surface area (Å²) in [6, 6.07) is 5.13. The monoisotopic (exact) mass is 238 g/mol. The fourth-order valence-corrected chi connectivity index (χ4v) is 1.26. The van der Waals surface area contributed by atoms with E-state index in [2.05, 4.69) is 5.32 Å². The van der Waals surface area contributed by atoms with Crippen molar-refractivity contribution in [3.8, 4) is 5.75 Å². The Morgan fingerprint density at radius 1 is 1.35 bits per heavy atom. The highest BCUT2D eigenvalue weighted by atomic mass is 16.6. The molecule has 0 atom stereocenters. The minimum Gasteiger partial charge on any atom is -0.494 e. The lowest BCUT2D eigenvalue weighted by molar-refractivity contribution is 0.0635. The van der Waals surface area contributed by atoms with Crippen molar-refractivity contribution in [3.05, 3.63) is 18.2 Å². The number of hydrogen-bond donors (Lipinski definition) is 2. The molecule has 5 heteroatoms. The summed E-state index contributed by atoms with van der Waals surface area (Å²) in [7, 11) is 1.51. The largest absolute Gasteiger partial charge is 0.494 e. The van der Waals surface area contributed by atoms with Gasteiger partial charge in [-0.15, -0.1) is 0 Å². The van der Waals surface area contributed by atoms with Crippen LogP contribution in [0.25, 0.3) is 0 Å². The summed E-state index contributed by atoms with van der Waals surface area (Å²) >= 11 is 0. The first kappa shape index (κ1) is 13.2. The quantitative estimate of drug-likeness (QED) is 0.777. The van der Waals surface area contributed by atoms with E-state index in [4.69, 9.17) is 15.2 Å². The summed E-state index contributed by atoms with van der Waals surface area (Å²) in [6.07, 6.45) is -0.561. The van der Waals surface area contributed by atoms with Gasteiger partial charge in [0.05, 0.1) is 12.8 Å². The zero-order valence-electron chi connectivity index (χ0n) is 10.5. The van der Waals surface area contributed by atoms with E-state index in [1.165, 1.54) is 7.11 Å². The number of para-hydroxylation sites is 1. The lowest BCUT2D eigenvalue weighted by Gasteiger charge is -2.20. The van der Waals surface area contributed by atoms with E-state index in [0.717, 1.165) is 0 Å². The van der Waals surface area contributed by atoms with Crippen molar-refractivity contribution in [2.24, 2.45) is 0 Å². The second-order valence-electron chi connectivity index (χ2n) is 4.55. The maximum Gasteiger partial charge on any atom is 0.412 e. The molecule has 17 heavy (non-hydrogen) atoms. The maximum absolute atomic E-state index is 11.6. The average Bonchev–Trinajstić information content (AvgIpc) is 2.18. The fourth-order valence-electron chi connectivity index (χ4n) is 1.26. The molecule has 0 aliphatic carbocycles. The maximum atomic E-state index is 11.6. The van der Waals surface area contributed by atoms with E-state index in [-0.39, 0.29) is 0 Å². The molecule has 0 heterocycles. The number of ether oxygens (including phenoxy) is 2. The Hall–Kier alpha value is -1.91. The number of rotatable bonds is 2. The molecule has 0 saturated carbocycles. The summed E-state index contributed by atoms with van der Waals surface area (Å²) in [6.45, 7) is 5.37. The lowest BCUT2D eigenvalue weighted by Crippen LogP contribution is -2.27. The van der Waals surface area contributed by atoms with Gasteiger partial charge in [-0.3, -0.25) is 5.32 Å². The molecule has 0 aliphatic rings. The molecule has 0 saturated heterocycles. The van der Waals surface area contributed by atoms with Gasteiger partial charge in [0, 0.05) is 0 Å². The molecule has 5 nitrogen and oxygen atoms in total. The molecular formula is C12H18N2O3. The summed E-state index contributed by atoms with van der Waals surface area (Å²) in [5.74, 6) is 0.496. The van der Waals surface area contributed by atoms with Crippen molar-refractivity contribution in [1.82, 2.24) is 0 Å². The number of amides is 1. The third-order valence-corrected chi connectivity index (χ3v) is 1.90. The van der Waals surface area contributed by atoms with Gasteiger partial charge in [0.1, 0.15) is 17.0 Å². The van der Waals surface area contributed by atoms with Crippen LogP contribution in [-0.4, -0.2) is 18.8 Å². The molecular weight excluding hydrogens is 220 g/mol. The molecule has 0 spiro atoms. The topological polar surface area (TPSA) is 73.6 Å². The van der Waals surface area contributed by atoms with Gasteiger partial charge >= 0.3 is 6.09 Å². The molecule has 94 valence electrons. The molecule has 0 aliphatic heterocycles. The first-order valence-electron chi connectivity index (χ1n) is 5.26. The zero-order chi connectivity index (χ0) is 13.1. The third-order valence-electron chi connectivity index (χ3n) is 1.90. The first-order chi connectivity index (χ1) is 7.83. The number of benzene rings is 1. The minimum absolute atomic E-state index is 0.421. The number of carbonyl (C=O) groups excluding carboxylic acids is 1. The molecule has 1 aromatic carbocycles.